The van der Waals surface area contributed by atoms with Crippen molar-refractivity contribution < 1.29 is 4.42 Å². The average Bonchev–Trinajstić information content (AvgIpc) is 3.53. The van der Waals surface area contributed by atoms with Crippen molar-refractivity contribution in [1.29, 1.82) is 0 Å². The third kappa shape index (κ3) is 3.05. The van der Waals surface area contributed by atoms with Crippen molar-refractivity contribution in [3.63, 3.8) is 0 Å². The number of fused-ring (bicyclic) bond motifs is 9. The van der Waals surface area contributed by atoms with E-state index in [-0.39, 0.29) is 17.5 Å². The summed E-state index contributed by atoms with van der Waals surface area (Å²) >= 11 is 0. The number of nitrogens with zero attached hydrogens (tertiary/aromatic N) is 2. The number of furan rings is 1. The average molecular weight is 523 g/mol. The fourth-order valence-corrected chi connectivity index (χ4v) is 7.34. The molecule has 40 heavy (non-hydrogen) atoms. The van der Waals surface area contributed by atoms with Crippen LogP contribution < -0.4 is 16.4 Å². The molecule has 0 aliphatic carbocycles. The topological polar surface area (TPSA) is 31.0 Å². The number of para-hydroxylation sites is 1. The Bertz CT molecular complexity index is 2080. The molecule has 4 aromatic carbocycles. The van der Waals surface area contributed by atoms with Gasteiger partial charge in [-0.3, -0.25) is 0 Å². The lowest BCUT2D eigenvalue weighted by Crippen LogP contribution is -2.54. The van der Waals surface area contributed by atoms with Crippen molar-refractivity contribution in [2.75, 3.05) is 0 Å². The summed E-state index contributed by atoms with van der Waals surface area (Å²) in [6, 6.07) is 20.3. The smallest absolute Gasteiger partial charge is 0.249 e. The second-order valence-corrected chi connectivity index (χ2v) is 14.4. The number of hydrogen-bond acceptors (Lipinski definition) is 2. The quantitative estimate of drug-likeness (QED) is 0.213. The molecule has 0 saturated heterocycles. The Morgan fingerprint density at radius 3 is 2.33 bits per heavy atom. The number of benzene rings is 4. The molecule has 0 fully saturated rings. The van der Waals surface area contributed by atoms with Gasteiger partial charge < -0.3 is 4.42 Å². The van der Waals surface area contributed by atoms with Crippen LogP contribution in [0.25, 0.3) is 49.7 Å². The minimum Gasteiger partial charge on any atom is -0.456 e. The van der Waals surface area contributed by atoms with Crippen molar-refractivity contribution >= 4 is 55.9 Å². The van der Waals surface area contributed by atoms with E-state index >= 15 is 0 Å². The Morgan fingerprint density at radius 2 is 1.57 bits per heavy atom. The van der Waals surface area contributed by atoms with Crippen LogP contribution in [0.5, 0.6) is 0 Å². The molecule has 8 rings (SSSR count). The van der Waals surface area contributed by atoms with E-state index in [2.05, 4.69) is 115 Å². The van der Waals surface area contributed by atoms with Crippen molar-refractivity contribution in [2.24, 2.45) is 5.41 Å². The summed E-state index contributed by atoms with van der Waals surface area (Å²) in [7, 11) is 0. The van der Waals surface area contributed by atoms with Crippen LogP contribution in [0.2, 0.25) is 0 Å². The molecule has 3 nitrogen and oxygen atoms in total. The molecule has 2 aliphatic rings. The van der Waals surface area contributed by atoms with Gasteiger partial charge in [0.2, 0.25) is 6.71 Å². The lowest BCUT2D eigenvalue weighted by atomic mass is 9.36. The number of rotatable bonds is 1. The summed E-state index contributed by atoms with van der Waals surface area (Å²) in [6.07, 6.45) is 0.942. The Kier molecular flexibility index (Phi) is 4.50. The first-order valence-corrected chi connectivity index (χ1v) is 14.6. The molecule has 0 N–H and O–H groups in total. The van der Waals surface area contributed by atoms with E-state index in [9.17, 15) is 0 Å². The molecule has 0 saturated carbocycles. The maximum atomic E-state index is 6.43. The second kappa shape index (κ2) is 7.48. The Morgan fingerprint density at radius 1 is 0.800 bits per heavy atom. The SMILES string of the molecule is Cc1cc2c(CC(C)(C)C)nn3c2c(c1C)B1c2c(cc(C(C)(C)C)cc2-3)-c2ccc3oc4ccccc4c3c21. The summed E-state index contributed by atoms with van der Waals surface area (Å²) in [5.74, 6) is 0. The molecular weight excluding hydrogens is 487 g/mol. The Labute approximate surface area is 236 Å². The van der Waals surface area contributed by atoms with Gasteiger partial charge in [-0.15, -0.1) is 0 Å². The third-order valence-corrected chi connectivity index (χ3v) is 9.30. The molecule has 4 heterocycles. The molecule has 2 aromatic heterocycles. The van der Waals surface area contributed by atoms with Crippen LogP contribution in [0, 0.1) is 19.3 Å². The largest absolute Gasteiger partial charge is 0.456 e. The lowest BCUT2D eigenvalue weighted by Gasteiger charge is -2.28. The molecule has 0 unspecified atom stereocenters. The van der Waals surface area contributed by atoms with Crippen molar-refractivity contribution in [1.82, 2.24) is 9.78 Å². The van der Waals surface area contributed by atoms with Crippen molar-refractivity contribution in [2.45, 2.75) is 67.2 Å². The molecule has 0 radical (unpaired) electrons. The lowest BCUT2D eigenvalue weighted by molar-refractivity contribution is 0.406. The van der Waals surface area contributed by atoms with Crippen LogP contribution in [-0.4, -0.2) is 16.5 Å². The van der Waals surface area contributed by atoms with E-state index < -0.39 is 0 Å². The van der Waals surface area contributed by atoms with Crippen LogP contribution in [-0.2, 0) is 11.8 Å². The summed E-state index contributed by atoms with van der Waals surface area (Å²) in [5.41, 5.74) is 16.8. The molecule has 0 spiro atoms. The molecular formula is C36H35BN2O. The van der Waals surface area contributed by atoms with E-state index in [1.807, 2.05) is 0 Å². The summed E-state index contributed by atoms with van der Waals surface area (Å²) in [6.45, 7) is 18.6. The van der Waals surface area contributed by atoms with Gasteiger partial charge in [-0.05, 0) is 94.0 Å². The first-order chi connectivity index (χ1) is 18.9. The van der Waals surface area contributed by atoms with Gasteiger partial charge in [0.05, 0.1) is 16.9 Å². The van der Waals surface area contributed by atoms with Crippen LogP contribution >= 0.6 is 0 Å². The standard InChI is InChI=1S/C36H35BN2O/c1-19-15-25-26(18-35(3,4)5)38-39-27-17-21(36(6,7)8)16-24-22-13-14-29-30(23-11-9-10-12-28(23)40-29)33(22)37(32(24)27)31(20(19)2)34(25)39/h9-17H,18H2,1-8H3. The van der Waals surface area contributed by atoms with Crippen molar-refractivity contribution in [3.8, 4) is 16.8 Å². The molecule has 198 valence electrons. The van der Waals surface area contributed by atoms with Crippen LogP contribution in [0.3, 0.4) is 0 Å². The van der Waals surface area contributed by atoms with E-state index in [1.54, 1.807) is 0 Å². The molecule has 0 atom stereocenters. The predicted molar refractivity (Wildman–Crippen MR) is 170 cm³/mol. The fourth-order valence-electron chi connectivity index (χ4n) is 7.34. The van der Waals surface area contributed by atoms with Crippen molar-refractivity contribution in [3.05, 3.63) is 77.0 Å². The minimum atomic E-state index is 0.0141. The monoisotopic (exact) mass is 522 g/mol. The summed E-state index contributed by atoms with van der Waals surface area (Å²) < 4.78 is 8.74. The first-order valence-electron chi connectivity index (χ1n) is 14.6. The van der Waals surface area contributed by atoms with E-state index in [0.717, 1.165) is 17.6 Å². The number of aromatic nitrogens is 2. The maximum absolute atomic E-state index is 6.43. The minimum absolute atomic E-state index is 0.0141. The van der Waals surface area contributed by atoms with Gasteiger partial charge in [0.1, 0.15) is 11.2 Å². The fraction of sp³-hybridized carbons (Fsp3) is 0.306. The van der Waals surface area contributed by atoms with E-state index in [1.165, 1.54) is 77.3 Å². The second-order valence-electron chi connectivity index (χ2n) is 14.4. The van der Waals surface area contributed by atoms with Gasteiger partial charge >= 0.3 is 0 Å². The van der Waals surface area contributed by atoms with E-state index in [4.69, 9.17) is 9.52 Å². The van der Waals surface area contributed by atoms with E-state index in [0.29, 0.717) is 0 Å². The third-order valence-electron chi connectivity index (χ3n) is 9.30. The van der Waals surface area contributed by atoms with Crippen LogP contribution in [0.15, 0.2) is 59.0 Å². The Balaban J connectivity index is 1.59. The normalized spacial score (nSPS) is 14.1. The zero-order valence-corrected chi connectivity index (χ0v) is 24.8. The zero-order valence-electron chi connectivity index (χ0n) is 24.8. The zero-order chi connectivity index (χ0) is 27.9. The summed E-state index contributed by atoms with van der Waals surface area (Å²) in [5, 5.41) is 9.18. The van der Waals surface area contributed by atoms with Gasteiger partial charge in [0, 0.05) is 16.2 Å². The van der Waals surface area contributed by atoms with Gasteiger partial charge in [0.15, 0.2) is 0 Å². The molecule has 0 amide bonds. The van der Waals surface area contributed by atoms with Gasteiger partial charge in [-0.25, -0.2) is 4.68 Å². The highest BCUT2D eigenvalue weighted by atomic mass is 16.3. The molecule has 4 heteroatoms. The highest BCUT2D eigenvalue weighted by molar-refractivity contribution is 7.03. The molecule has 6 aromatic rings. The van der Waals surface area contributed by atoms with Crippen LogP contribution in [0.1, 0.15) is 63.9 Å². The van der Waals surface area contributed by atoms with Gasteiger partial charge in [-0.1, -0.05) is 77.4 Å². The van der Waals surface area contributed by atoms with Gasteiger partial charge in [0.25, 0.3) is 0 Å². The Hall–Kier alpha value is -3.79. The highest BCUT2D eigenvalue weighted by Gasteiger charge is 2.44. The number of hydrogen-bond donors (Lipinski definition) is 0. The van der Waals surface area contributed by atoms with Crippen LogP contribution in [0.4, 0.5) is 0 Å². The summed E-state index contributed by atoms with van der Waals surface area (Å²) in [4.78, 5) is 0. The highest BCUT2D eigenvalue weighted by Crippen LogP contribution is 2.40. The number of aryl methyl sites for hydroxylation is 1. The first kappa shape index (κ1) is 24.0. The predicted octanol–water partition coefficient (Wildman–Crippen LogP) is 7.24. The maximum Gasteiger partial charge on any atom is 0.249 e. The van der Waals surface area contributed by atoms with Gasteiger partial charge in [-0.2, -0.15) is 5.10 Å². The molecule has 2 aliphatic heterocycles. The molecule has 0 bridgehead atoms.